The Hall–Kier alpha value is -3.10. The molecule has 9 nitrogen and oxygen atoms in total. The number of aromatic nitrogens is 5. The van der Waals surface area contributed by atoms with Crippen molar-refractivity contribution in [2.24, 2.45) is 18.9 Å². The molecule has 0 aromatic carbocycles. The molecule has 4 heterocycles. The maximum absolute atomic E-state index is 12.6. The predicted molar refractivity (Wildman–Crippen MR) is 106 cm³/mol. The summed E-state index contributed by atoms with van der Waals surface area (Å²) >= 11 is 0. The Bertz CT molecular complexity index is 996. The van der Waals surface area contributed by atoms with Crippen molar-refractivity contribution < 1.29 is 4.79 Å². The molecule has 9 heteroatoms. The number of urea groups is 1. The van der Waals surface area contributed by atoms with Crippen LogP contribution in [0.25, 0.3) is 11.0 Å². The molecule has 2 amide bonds. The maximum Gasteiger partial charge on any atom is 0.321 e. The fourth-order valence-electron chi connectivity index (χ4n) is 4.75. The van der Waals surface area contributed by atoms with Gasteiger partial charge in [0.2, 0.25) is 0 Å². The summed E-state index contributed by atoms with van der Waals surface area (Å²) in [6.45, 7) is 1.62. The number of carbonyl (C=O) groups is 1. The molecular weight excluding hydrogens is 356 g/mol. The number of aryl methyl sites for hydroxylation is 1. The number of amides is 2. The number of H-pyrrole nitrogens is 1. The van der Waals surface area contributed by atoms with Crippen molar-refractivity contribution in [3.8, 4) is 0 Å². The topological polar surface area (TPSA) is 95.0 Å². The van der Waals surface area contributed by atoms with E-state index in [0.717, 1.165) is 48.5 Å². The predicted octanol–water partition coefficient (Wildman–Crippen LogP) is 2.07. The number of hydrogen-bond donors (Lipinski definition) is 2. The molecule has 2 fully saturated rings. The first-order valence-electron chi connectivity index (χ1n) is 9.64. The van der Waals surface area contributed by atoms with Crippen molar-refractivity contribution in [3.05, 3.63) is 31.0 Å². The second-order valence-corrected chi connectivity index (χ2v) is 7.93. The molecule has 3 aromatic rings. The van der Waals surface area contributed by atoms with Crippen LogP contribution in [0.15, 0.2) is 31.0 Å². The average molecular weight is 380 g/mol. The van der Waals surface area contributed by atoms with Crippen LogP contribution < -0.4 is 10.2 Å². The van der Waals surface area contributed by atoms with Crippen LogP contribution in [0.2, 0.25) is 0 Å². The molecule has 0 radical (unpaired) electrons. The third-order valence-electron chi connectivity index (χ3n) is 6.18. The van der Waals surface area contributed by atoms with Gasteiger partial charge in [0.25, 0.3) is 0 Å². The summed E-state index contributed by atoms with van der Waals surface area (Å²) in [4.78, 5) is 28.7. The van der Waals surface area contributed by atoms with E-state index in [1.54, 1.807) is 17.2 Å². The molecule has 1 aliphatic carbocycles. The third-order valence-corrected chi connectivity index (χ3v) is 6.18. The van der Waals surface area contributed by atoms with Gasteiger partial charge < -0.3 is 20.1 Å². The molecule has 1 saturated heterocycles. The van der Waals surface area contributed by atoms with Crippen molar-refractivity contribution in [2.75, 3.05) is 30.4 Å². The smallest absolute Gasteiger partial charge is 0.321 e. The Morgan fingerprint density at radius 2 is 2.07 bits per heavy atom. The molecule has 1 aliphatic heterocycles. The molecule has 0 spiro atoms. The van der Waals surface area contributed by atoms with Crippen molar-refractivity contribution in [1.29, 1.82) is 0 Å². The number of nitrogens with one attached hydrogen (secondary N) is 2. The standard InChI is InChI=1S/C19H24N8O/c1-25-10-14(7-23-25)24-19(28)27-8-12-5-15(6-13(12)9-27)26(2)18-16-3-4-20-17(16)21-11-22-18/h3-4,7,10-13,15H,5-6,8-9H2,1-2H3,(H,24,28)(H,20,21,22)/t12-,13+,15-. The number of aromatic amines is 1. The van der Waals surface area contributed by atoms with Gasteiger partial charge in [-0.1, -0.05) is 0 Å². The van der Waals surface area contributed by atoms with E-state index in [4.69, 9.17) is 0 Å². The number of nitrogens with zero attached hydrogens (tertiary/aromatic N) is 6. The number of hydrogen-bond acceptors (Lipinski definition) is 5. The molecule has 2 N–H and O–H groups in total. The summed E-state index contributed by atoms with van der Waals surface area (Å²) in [5.74, 6) is 2.05. The molecule has 1 saturated carbocycles. The first-order valence-corrected chi connectivity index (χ1v) is 9.64. The maximum atomic E-state index is 12.6. The molecule has 28 heavy (non-hydrogen) atoms. The lowest BCUT2D eigenvalue weighted by molar-refractivity contribution is 0.218. The molecule has 2 aliphatic rings. The molecule has 3 atom stereocenters. The van der Waals surface area contributed by atoms with E-state index in [1.807, 2.05) is 30.4 Å². The lowest BCUT2D eigenvalue weighted by Crippen LogP contribution is -2.36. The van der Waals surface area contributed by atoms with E-state index in [2.05, 4.69) is 37.3 Å². The van der Waals surface area contributed by atoms with E-state index in [1.165, 1.54) is 0 Å². The lowest BCUT2D eigenvalue weighted by atomic mass is 10.0. The van der Waals surface area contributed by atoms with Crippen molar-refractivity contribution >= 4 is 28.6 Å². The monoisotopic (exact) mass is 380 g/mol. The fourth-order valence-corrected chi connectivity index (χ4v) is 4.75. The van der Waals surface area contributed by atoms with Gasteiger partial charge in [-0.05, 0) is 30.7 Å². The number of likely N-dealkylation sites (tertiary alicyclic amines) is 1. The van der Waals surface area contributed by atoms with Crippen LogP contribution in [0.5, 0.6) is 0 Å². The number of carbonyl (C=O) groups excluding carboxylic acids is 1. The van der Waals surface area contributed by atoms with E-state index >= 15 is 0 Å². The zero-order chi connectivity index (χ0) is 19.3. The minimum atomic E-state index is -0.0304. The zero-order valence-electron chi connectivity index (χ0n) is 16.0. The van der Waals surface area contributed by atoms with Crippen LogP contribution >= 0.6 is 0 Å². The van der Waals surface area contributed by atoms with Crippen LogP contribution in [0.1, 0.15) is 12.8 Å². The minimum absolute atomic E-state index is 0.0304. The highest BCUT2D eigenvalue weighted by molar-refractivity contribution is 5.89. The van der Waals surface area contributed by atoms with Crippen LogP contribution in [-0.2, 0) is 7.05 Å². The van der Waals surface area contributed by atoms with E-state index in [0.29, 0.717) is 17.9 Å². The second kappa shape index (κ2) is 6.50. The second-order valence-electron chi connectivity index (χ2n) is 7.93. The van der Waals surface area contributed by atoms with E-state index in [-0.39, 0.29) is 6.03 Å². The molecule has 0 bridgehead atoms. The molecule has 146 valence electrons. The Morgan fingerprint density at radius 3 is 2.79 bits per heavy atom. The third kappa shape index (κ3) is 2.87. The van der Waals surface area contributed by atoms with Crippen LogP contribution in [-0.4, -0.2) is 61.8 Å². The largest absolute Gasteiger partial charge is 0.356 e. The summed E-state index contributed by atoms with van der Waals surface area (Å²) in [6.07, 6.45) is 9.15. The summed E-state index contributed by atoms with van der Waals surface area (Å²) in [5.41, 5.74) is 1.61. The first-order chi connectivity index (χ1) is 13.6. The van der Waals surface area contributed by atoms with Gasteiger partial charge in [0.1, 0.15) is 17.8 Å². The molecule has 0 unspecified atom stereocenters. The minimum Gasteiger partial charge on any atom is -0.356 e. The van der Waals surface area contributed by atoms with Gasteiger partial charge in [-0.25, -0.2) is 14.8 Å². The lowest BCUT2D eigenvalue weighted by Gasteiger charge is -2.28. The first kappa shape index (κ1) is 17.0. The fraction of sp³-hybridized carbons (Fsp3) is 0.474. The Balaban J connectivity index is 1.23. The van der Waals surface area contributed by atoms with E-state index < -0.39 is 0 Å². The highest BCUT2D eigenvalue weighted by atomic mass is 16.2. The van der Waals surface area contributed by atoms with Gasteiger partial charge >= 0.3 is 6.03 Å². The molecular formula is C19H24N8O. The average Bonchev–Trinajstić information content (AvgIpc) is 3.43. The van der Waals surface area contributed by atoms with Crippen molar-refractivity contribution in [3.63, 3.8) is 0 Å². The number of fused-ring (bicyclic) bond motifs is 2. The van der Waals surface area contributed by atoms with Gasteiger partial charge in [-0.15, -0.1) is 0 Å². The van der Waals surface area contributed by atoms with Gasteiger partial charge in [0, 0.05) is 45.6 Å². The van der Waals surface area contributed by atoms with Gasteiger partial charge in [-0.2, -0.15) is 5.10 Å². The summed E-state index contributed by atoms with van der Waals surface area (Å²) in [5, 5.41) is 8.09. The highest BCUT2D eigenvalue weighted by Gasteiger charge is 2.44. The number of rotatable bonds is 3. The van der Waals surface area contributed by atoms with Crippen LogP contribution in [0.4, 0.5) is 16.3 Å². The normalized spacial score (nSPS) is 23.9. The van der Waals surface area contributed by atoms with Crippen LogP contribution in [0.3, 0.4) is 0 Å². The van der Waals surface area contributed by atoms with Gasteiger partial charge in [0.15, 0.2) is 0 Å². The summed E-state index contributed by atoms with van der Waals surface area (Å²) in [7, 11) is 3.96. The van der Waals surface area contributed by atoms with E-state index in [9.17, 15) is 4.79 Å². The highest BCUT2D eigenvalue weighted by Crippen LogP contribution is 2.41. The molecule has 5 rings (SSSR count). The molecule has 3 aromatic heterocycles. The van der Waals surface area contributed by atoms with Crippen molar-refractivity contribution in [2.45, 2.75) is 18.9 Å². The quantitative estimate of drug-likeness (QED) is 0.725. The number of anilines is 2. The summed E-state index contributed by atoms with van der Waals surface area (Å²) in [6, 6.07) is 2.44. The SMILES string of the molecule is CN(c1ncnc2[nH]ccc12)[C@@H]1C[C@@H]2CN(C(=O)Nc3cnn(C)c3)C[C@@H]2C1. The van der Waals surface area contributed by atoms with Crippen molar-refractivity contribution in [1.82, 2.24) is 29.6 Å². The Kier molecular flexibility index (Phi) is 3.96. The zero-order valence-corrected chi connectivity index (χ0v) is 16.0. The van der Waals surface area contributed by atoms with Crippen LogP contribution in [0, 0.1) is 11.8 Å². The van der Waals surface area contributed by atoms with Gasteiger partial charge in [-0.3, -0.25) is 4.68 Å². The Labute approximate surface area is 162 Å². The summed E-state index contributed by atoms with van der Waals surface area (Å²) < 4.78 is 1.68. The van der Waals surface area contributed by atoms with Gasteiger partial charge in [0.05, 0.1) is 17.3 Å². The Morgan fingerprint density at radius 1 is 1.29 bits per heavy atom.